The van der Waals surface area contributed by atoms with Gasteiger partial charge in [-0.3, -0.25) is 0 Å². The second-order valence-corrected chi connectivity index (χ2v) is 5.45. The molecule has 2 heteroatoms. The molecule has 2 rings (SSSR count). The molecule has 1 aromatic rings. The fraction of sp³-hybridized carbons (Fsp3) is 0.667. The molecular formula is C15H22N2. The van der Waals surface area contributed by atoms with E-state index in [0.717, 1.165) is 18.8 Å². The zero-order chi connectivity index (χ0) is 12.5. The predicted molar refractivity (Wildman–Crippen MR) is 69.7 cm³/mol. The Balaban J connectivity index is 2.32. The average molecular weight is 230 g/mol. The number of hydrogen-bond acceptors (Lipinski definition) is 1. The molecular weight excluding hydrogens is 208 g/mol. The maximum absolute atomic E-state index is 9.65. The molecule has 0 aliphatic heterocycles. The largest absolute Gasteiger partial charge is 0.330 e. The molecule has 0 atom stereocenters. The van der Waals surface area contributed by atoms with Crippen LogP contribution >= 0.6 is 0 Å². The first-order valence-electron chi connectivity index (χ1n) is 6.69. The minimum atomic E-state index is -0.274. The van der Waals surface area contributed by atoms with Crippen molar-refractivity contribution in [3.8, 4) is 6.07 Å². The van der Waals surface area contributed by atoms with Crippen LogP contribution < -0.4 is 0 Å². The van der Waals surface area contributed by atoms with Gasteiger partial charge in [-0.15, -0.1) is 0 Å². The molecule has 17 heavy (non-hydrogen) atoms. The van der Waals surface area contributed by atoms with E-state index in [0.29, 0.717) is 0 Å². The number of aryl methyl sites for hydroxylation is 2. The van der Waals surface area contributed by atoms with Crippen molar-refractivity contribution in [1.82, 2.24) is 4.57 Å². The molecule has 0 saturated heterocycles. The minimum Gasteiger partial charge on any atom is -0.330 e. The highest BCUT2D eigenvalue weighted by atomic mass is 15.1. The van der Waals surface area contributed by atoms with E-state index < -0.39 is 0 Å². The molecule has 0 bridgehead atoms. The summed E-state index contributed by atoms with van der Waals surface area (Å²) in [7, 11) is 0. The maximum Gasteiger partial charge on any atom is 0.131 e. The topological polar surface area (TPSA) is 28.7 Å². The number of nitrogens with zero attached hydrogens (tertiary/aromatic N) is 2. The van der Waals surface area contributed by atoms with E-state index in [-0.39, 0.29) is 5.54 Å². The molecule has 0 amide bonds. The van der Waals surface area contributed by atoms with Gasteiger partial charge in [0.1, 0.15) is 5.54 Å². The lowest BCUT2D eigenvalue weighted by Gasteiger charge is -2.37. The van der Waals surface area contributed by atoms with Gasteiger partial charge in [-0.1, -0.05) is 13.3 Å². The lowest BCUT2D eigenvalue weighted by molar-refractivity contribution is 0.204. The summed E-state index contributed by atoms with van der Waals surface area (Å²) >= 11 is 0. The third-order valence-corrected chi connectivity index (χ3v) is 4.42. The van der Waals surface area contributed by atoms with Gasteiger partial charge in [0.05, 0.1) is 6.07 Å². The molecule has 0 aromatic carbocycles. The Kier molecular flexibility index (Phi) is 3.28. The monoisotopic (exact) mass is 230 g/mol. The first-order valence-corrected chi connectivity index (χ1v) is 6.69. The SMILES string of the molecule is CCC1CCC(C#N)(n2c(C)ccc2C)CC1. The Morgan fingerprint density at radius 3 is 2.24 bits per heavy atom. The lowest BCUT2D eigenvalue weighted by atomic mass is 9.76. The van der Waals surface area contributed by atoms with Crippen molar-refractivity contribution in [1.29, 1.82) is 5.26 Å². The Bertz CT molecular complexity index is 409. The molecule has 1 aliphatic carbocycles. The standard InChI is InChI=1S/C15H22N2/c1-4-14-7-9-15(11-16,10-8-14)17-12(2)5-6-13(17)3/h5-6,14H,4,7-10H2,1-3H3. The summed E-state index contributed by atoms with van der Waals surface area (Å²) in [5.74, 6) is 0.827. The normalized spacial score (nSPS) is 28.9. The van der Waals surface area contributed by atoms with Gasteiger partial charge < -0.3 is 4.57 Å². The van der Waals surface area contributed by atoms with E-state index in [2.05, 4.69) is 43.5 Å². The molecule has 2 nitrogen and oxygen atoms in total. The van der Waals surface area contributed by atoms with Crippen molar-refractivity contribution < 1.29 is 0 Å². The molecule has 1 fully saturated rings. The van der Waals surface area contributed by atoms with Gasteiger partial charge in [0.2, 0.25) is 0 Å². The van der Waals surface area contributed by atoms with Crippen molar-refractivity contribution in [3.05, 3.63) is 23.5 Å². The summed E-state index contributed by atoms with van der Waals surface area (Å²) in [6.07, 6.45) is 5.67. The van der Waals surface area contributed by atoms with Crippen molar-refractivity contribution >= 4 is 0 Å². The zero-order valence-corrected chi connectivity index (χ0v) is 11.2. The summed E-state index contributed by atoms with van der Waals surface area (Å²) in [6, 6.07) is 6.86. The second kappa shape index (κ2) is 4.56. The molecule has 1 saturated carbocycles. The Morgan fingerprint density at radius 1 is 1.29 bits per heavy atom. The molecule has 92 valence electrons. The van der Waals surface area contributed by atoms with Crippen LogP contribution in [0.4, 0.5) is 0 Å². The van der Waals surface area contributed by atoms with Crippen molar-refractivity contribution in [2.24, 2.45) is 5.92 Å². The van der Waals surface area contributed by atoms with Crippen LogP contribution in [-0.2, 0) is 5.54 Å². The van der Waals surface area contributed by atoms with E-state index in [1.165, 1.54) is 30.7 Å². The van der Waals surface area contributed by atoms with Crippen LogP contribution in [0.5, 0.6) is 0 Å². The Morgan fingerprint density at radius 2 is 1.82 bits per heavy atom. The first-order chi connectivity index (χ1) is 8.13. The smallest absolute Gasteiger partial charge is 0.131 e. The van der Waals surface area contributed by atoms with E-state index in [1.807, 2.05) is 0 Å². The fourth-order valence-electron chi connectivity index (χ4n) is 3.29. The highest BCUT2D eigenvalue weighted by molar-refractivity contribution is 5.22. The maximum atomic E-state index is 9.65. The van der Waals surface area contributed by atoms with Gasteiger partial charge >= 0.3 is 0 Å². The molecule has 1 heterocycles. The molecule has 0 unspecified atom stereocenters. The number of rotatable bonds is 2. The van der Waals surface area contributed by atoms with Crippen LogP contribution in [0.2, 0.25) is 0 Å². The third-order valence-electron chi connectivity index (χ3n) is 4.42. The summed E-state index contributed by atoms with van der Waals surface area (Å²) in [6.45, 7) is 6.48. The predicted octanol–water partition coefficient (Wildman–Crippen LogP) is 3.92. The summed E-state index contributed by atoms with van der Waals surface area (Å²) < 4.78 is 2.26. The average Bonchev–Trinajstić information content (AvgIpc) is 2.70. The highest BCUT2D eigenvalue weighted by Gasteiger charge is 2.37. The van der Waals surface area contributed by atoms with E-state index in [4.69, 9.17) is 0 Å². The van der Waals surface area contributed by atoms with Crippen LogP contribution in [-0.4, -0.2) is 4.57 Å². The van der Waals surface area contributed by atoms with Gasteiger partial charge in [0, 0.05) is 11.4 Å². The number of hydrogen-bond donors (Lipinski definition) is 0. The fourth-order valence-corrected chi connectivity index (χ4v) is 3.29. The van der Waals surface area contributed by atoms with Crippen molar-refractivity contribution in [2.75, 3.05) is 0 Å². The molecule has 1 aromatic heterocycles. The van der Waals surface area contributed by atoms with Gasteiger partial charge in [-0.25, -0.2) is 0 Å². The molecule has 0 spiro atoms. The van der Waals surface area contributed by atoms with Gasteiger partial charge in [-0.05, 0) is 57.6 Å². The zero-order valence-electron chi connectivity index (χ0n) is 11.2. The Labute approximate surface area is 104 Å². The second-order valence-electron chi connectivity index (χ2n) is 5.45. The number of aromatic nitrogens is 1. The highest BCUT2D eigenvalue weighted by Crippen LogP contribution is 2.40. The van der Waals surface area contributed by atoms with Gasteiger partial charge in [0.15, 0.2) is 0 Å². The van der Waals surface area contributed by atoms with Crippen LogP contribution in [0.1, 0.15) is 50.4 Å². The van der Waals surface area contributed by atoms with Crippen LogP contribution in [0.3, 0.4) is 0 Å². The number of nitriles is 1. The van der Waals surface area contributed by atoms with Crippen LogP contribution in [0, 0.1) is 31.1 Å². The third kappa shape index (κ3) is 1.99. The van der Waals surface area contributed by atoms with E-state index >= 15 is 0 Å². The summed E-state index contributed by atoms with van der Waals surface area (Å²) in [5, 5.41) is 9.65. The van der Waals surface area contributed by atoms with Gasteiger partial charge in [-0.2, -0.15) is 5.26 Å². The summed E-state index contributed by atoms with van der Waals surface area (Å²) in [5.41, 5.74) is 2.17. The Hall–Kier alpha value is -1.23. The van der Waals surface area contributed by atoms with Crippen LogP contribution in [0.25, 0.3) is 0 Å². The van der Waals surface area contributed by atoms with E-state index in [9.17, 15) is 5.26 Å². The molecule has 0 N–H and O–H groups in total. The first kappa shape index (κ1) is 12.2. The molecule has 1 aliphatic rings. The van der Waals surface area contributed by atoms with Crippen molar-refractivity contribution in [2.45, 2.75) is 58.4 Å². The van der Waals surface area contributed by atoms with E-state index in [1.54, 1.807) is 0 Å². The van der Waals surface area contributed by atoms with Crippen LogP contribution in [0.15, 0.2) is 12.1 Å². The quantitative estimate of drug-likeness (QED) is 0.757. The van der Waals surface area contributed by atoms with Crippen molar-refractivity contribution in [3.63, 3.8) is 0 Å². The van der Waals surface area contributed by atoms with Gasteiger partial charge in [0.25, 0.3) is 0 Å². The minimum absolute atomic E-state index is 0.274. The lowest BCUT2D eigenvalue weighted by Crippen LogP contribution is -2.37. The summed E-state index contributed by atoms with van der Waals surface area (Å²) in [4.78, 5) is 0. The molecule has 0 radical (unpaired) electrons.